The van der Waals surface area contributed by atoms with E-state index in [0.717, 1.165) is 0 Å². The van der Waals surface area contributed by atoms with Crippen LogP contribution in [-0.2, 0) is 9.53 Å². The quantitative estimate of drug-likeness (QED) is 0.423. The number of carboxylic acids is 1. The van der Waals surface area contributed by atoms with Gasteiger partial charge in [-0.1, -0.05) is 21.6 Å². The van der Waals surface area contributed by atoms with Crippen LogP contribution in [-0.4, -0.2) is 69.7 Å². The molecule has 168 valence electrons. The zero-order valence-corrected chi connectivity index (χ0v) is 19.1. The number of aromatic nitrogens is 1. The number of oxazole rings is 1. The van der Waals surface area contributed by atoms with Crippen LogP contribution in [0.1, 0.15) is 62.3 Å². The van der Waals surface area contributed by atoms with Crippen molar-refractivity contribution in [2.45, 2.75) is 51.6 Å². The summed E-state index contributed by atoms with van der Waals surface area (Å²) >= 11 is 0. The van der Waals surface area contributed by atoms with Crippen LogP contribution < -0.4 is 5.32 Å². The number of piperidine rings is 1. The van der Waals surface area contributed by atoms with Crippen LogP contribution in [0, 0.1) is 0 Å². The number of amides is 2. The van der Waals surface area contributed by atoms with Crippen LogP contribution in [0.4, 0.5) is 4.79 Å². The highest BCUT2D eigenvalue weighted by Crippen LogP contribution is 2.28. The van der Waals surface area contributed by atoms with Crippen molar-refractivity contribution in [3.8, 4) is 0 Å². The molecule has 1 aromatic rings. The van der Waals surface area contributed by atoms with Gasteiger partial charge in [-0.3, -0.25) is 9.59 Å². The zero-order valence-electron chi connectivity index (χ0n) is 17.5. The van der Waals surface area contributed by atoms with Crippen molar-refractivity contribution in [3.63, 3.8) is 0 Å². The Morgan fingerprint density at radius 3 is 2.57 bits per heavy atom. The highest BCUT2D eigenvalue weighted by molar-refractivity contribution is 8.76. The Labute approximate surface area is 184 Å². The normalized spacial score (nSPS) is 15.1. The van der Waals surface area contributed by atoms with Crippen LogP contribution >= 0.6 is 21.6 Å². The summed E-state index contributed by atoms with van der Waals surface area (Å²) in [5, 5.41) is 11.3. The average molecular weight is 460 g/mol. The second-order valence-electron chi connectivity index (χ2n) is 7.86. The maximum Gasteiger partial charge on any atom is 0.410 e. The Morgan fingerprint density at radius 2 is 1.93 bits per heavy atom. The van der Waals surface area contributed by atoms with Gasteiger partial charge >= 0.3 is 12.1 Å². The molecule has 1 aliphatic rings. The van der Waals surface area contributed by atoms with Gasteiger partial charge in [-0.05, 0) is 33.6 Å². The SMILES string of the molecule is CC(C)(C)OC(=O)N1CCC(c2nc(C(=O)NCCSSCCC(=O)O)co2)CC1. The summed E-state index contributed by atoms with van der Waals surface area (Å²) in [6.45, 7) is 7.09. The lowest BCUT2D eigenvalue weighted by Gasteiger charge is -2.32. The largest absolute Gasteiger partial charge is 0.481 e. The van der Waals surface area contributed by atoms with Gasteiger partial charge in [-0.15, -0.1) is 0 Å². The Bertz CT molecular complexity index is 726. The van der Waals surface area contributed by atoms with Crippen molar-refractivity contribution in [2.75, 3.05) is 31.1 Å². The van der Waals surface area contributed by atoms with Crippen LogP contribution in [0.25, 0.3) is 0 Å². The summed E-state index contributed by atoms with van der Waals surface area (Å²) in [5.74, 6) is 0.673. The standard InChI is InChI=1S/C19H29N3O6S2/c1-19(2,3)28-18(26)22-8-4-13(5-9-22)17-21-14(12-27-17)16(25)20-7-11-30-29-10-6-15(23)24/h12-13H,4-11H2,1-3H3,(H,20,25)(H,23,24). The molecule has 0 unspecified atom stereocenters. The minimum absolute atomic E-state index is 0.0615. The molecule has 2 N–H and O–H groups in total. The number of aliphatic carboxylic acids is 1. The average Bonchev–Trinajstić information content (AvgIpc) is 3.16. The number of carboxylic acid groups (broad SMARTS) is 1. The third-order valence-electron chi connectivity index (χ3n) is 4.20. The monoisotopic (exact) mass is 459 g/mol. The van der Waals surface area contributed by atoms with Crippen molar-refractivity contribution in [2.24, 2.45) is 0 Å². The molecule has 0 saturated carbocycles. The molecule has 0 atom stereocenters. The fourth-order valence-electron chi connectivity index (χ4n) is 2.76. The number of ether oxygens (including phenoxy) is 1. The minimum atomic E-state index is -0.811. The van der Waals surface area contributed by atoms with E-state index in [1.807, 2.05) is 20.8 Å². The molecule has 9 nitrogen and oxygen atoms in total. The first-order valence-corrected chi connectivity index (χ1v) is 12.3. The molecule has 2 amide bonds. The third kappa shape index (κ3) is 8.47. The zero-order chi connectivity index (χ0) is 22.1. The lowest BCUT2D eigenvalue weighted by molar-refractivity contribution is -0.136. The van der Waals surface area contributed by atoms with Gasteiger partial charge in [0.25, 0.3) is 5.91 Å². The van der Waals surface area contributed by atoms with Crippen molar-refractivity contribution < 1.29 is 28.6 Å². The van der Waals surface area contributed by atoms with E-state index in [4.69, 9.17) is 14.3 Å². The molecule has 2 heterocycles. The number of hydrogen-bond donors (Lipinski definition) is 2. The highest BCUT2D eigenvalue weighted by Gasteiger charge is 2.29. The Balaban J connectivity index is 1.70. The smallest absolute Gasteiger partial charge is 0.410 e. The summed E-state index contributed by atoms with van der Waals surface area (Å²) in [6.07, 6.45) is 2.57. The molecule has 1 fully saturated rings. The summed E-state index contributed by atoms with van der Waals surface area (Å²) in [4.78, 5) is 40.8. The van der Waals surface area contributed by atoms with E-state index >= 15 is 0 Å². The predicted octanol–water partition coefficient (Wildman–Crippen LogP) is 3.38. The summed E-state index contributed by atoms with van der Waals surface area (Å²) < 4.78 is 10.9. The van der Waals surface area contributed by atoms with E-state index in [9.17, 15) is 14.4 Å². The van der Waals surface area contributed by atoms with Crippen LogP contribution in [0.15, 0.2) is 10.7 Å². The molecule has 11 heteroatoms. The van der Waals surface area contributed by atoms with Crippen molar-refractivity contribution in [1.82, 2.24) is 15.2 Å². The van der Waals surface area contributed by atoms with E-state index < -0.39 is 11.6 Å². The van der Waals surface area contributed by atoms with Crippen LogP contribution in [0.2, 0.25) is 0 Å². The molecule has 1 saturated heterocycles. The first kappa shape index (κ1) is 24.4. The van der Waals surface area contributed by atoms with Gasteiger partial charge in [-0.2, -0.15) is 0 Å². The van der Waals surface area contributed by atoms with Crippen LogP contribution in [0.5, 0.6) is 0 Å². The van der Waals surface area contributed by atoms with Crippen molar-refractivity contribution in [3.05, 3.63) is 17.8 Å². The van der Waals surface area contributed by atoms with E-state index in [0.29, 0.717) is 49.9 Å². The minimum Gasteiger partial charge on any atom is -0.481 e. The van der Waals surface area contributed by atoms with Gasteiger partial charge in [0.2, 0.25) is 0 Å². The van der Waals surface area contributed by atoms with Gasteiger partial charge < -0.3 is 24.5 Å². The molecule has 0 bridgehead atoms. The molecule has 0 aliphatic carbocycles. The molecule has 30 heavy (non-hydrogen) atoms. The maximum atomic E-state index is 12.2. The Kier molecular flexibility index (Phi) is 9.35. The van der Waals surface area contributed by atoms with E-state index in [2.05, 4.69) is 10.3 Å². The number of nitrogens with one attached hydrogen (secondary N) is 1. The number of carbonyl (C=O) groups excluding carboxylic acids is 2. The number of rotatable bonds is 9. The number of hydrogen-bond acceptors (Lipinski definition) is 8. The van der Waals surface area contributed by atoms with Crippen LogP contribution in [0.3, 0.4) is 0 Å². The highest BCUT2D eigenvalue weighted by atomic mass is 33.1. The van der Waals surface area contributed by atoms with E-state index in [-0.39, 0.29) is 30.0 Å². The predicted molar refractivity (Wildman–Crippen MR) is 116 cm³/mol. The second kappa shape index (κ2) is 11.5. The summed E-state index contributed by atoms with van der Waals surface area (Å²) in [5.41, 5.74) is -0.280. The second-order valence-corrected chi connectivity index (χ2v) is 10.6. The first-order chi connectivity index (χ1) is 14.2. The summed E-state index contributed by atoms with van der Waals surface area (Å²) in [6, 6.07) is 0. The molecule has 1 aromatic heterocycles. The molecule has 1 aliphatic heterocycles. The third-order valence-corrected chi connectivity index (χ3v) is 6.61. The van der Waals surface area contributed by atoms with Gasteiger partial charge in [0.15, 0.2) is 11.6 Å². The Hall–Kier alpha value is -1.88. The molecular weight excluding hydrogens is 430 g/mol. The molecular formula is C19H29N3O6S2. The van der Waals surface area contributed by atoms with Crippen molar-refractivity contribution in [1.29, 1.82) is 0 Å². The molecule has 2 rings (SSSR count). The number of likely N-dealkylation sites (tertiary alicyclic amines) is 1. The fraction of sp³-hybridized carbons (Fsp3) is 0.684. The van der Waals surface area contributed by atoms with E-state index in [1.165, 1.54) is 27.9 Å². The topological polar surface area (TPSA) is 122 Å². The number of carbonyl (C=O) groups is 3. The lowest BCUT2D eigenvalue weighted by atomic mass is 9.97. The van der Waals surface area contributed by atoms with Gasteiger partial charge in [0, 0.05) is 37.1 Å². The van der Waals surface area contributed by atoms with Crippen molar-refractivity contribution >= 4 is 39.6 Å². The lowest BCUT2D eigenvalue weighted by Crippen LogP contribution is -2.41. The van der Waals surface area contributed by atoms with Gasteiger partial charge in [0.05, 0.1) is 6.42 Å². The Morgan fingerprint density at radius 1 is 1.27 bits per heavy atom. The van der Waals surface area contributed by atoms with E-state index in [1.54, 1.807) is 4.90 Å². The first-order valence-electron chi connectivity index (χ1n) is 9.83. The number of nitrogens with zero attached hydrogens (tertiary/aromatic N) is 2. The maximum absolute atomic E-state index is 12.2. The summed E-state index contributed by atoms with van der Waals surface area (Å²) in [7, 11) is 2.99. The molecule has 0 radical (unpaired) electrons. The molecule has 0 spiro atoms. The van der Waals surface area contributed by atoms with Gasteiger partial charge in [0.1, 0.15) is 11.9 Å². The fourth-order valence-corrected chi connectivity index (χ4v) is 4.64. The van der Waals surface area contributed by atoms with Gasteiger partial charge in [-0.25, -0.2) is 9.78 Å². The molecule has 0 aromatic carbocycles.